The van der Waals surface area contributed by atoms with Gasteiger partial charge in [-0.25, -0.2) is 4.39 Å². The van der Waals surface area contributed by atoms with Gasteiger partial charge in [0.15, 0.2) is 0 Å². The van der Waals surface area contributed by atoms with Crippen LogP contribution >= 0.6 is 15.9 Å². The van der Waals surface area contributed by atoms with Gasteiger partial charge in [-0.2, -0.15) is 0 Å². The SMILES string of the molecule is O[C@@H](CC[C@@H]1CN(c2ccccc2)[C@@H]1c1ccc(Br)cc1)c1ccc(F)cc1. The van der Waals surface area contributed by atoms with Gasteiger partial charge in [0.25, 0.3) is 0 Å². The molecule has 4 rings (SSSR count). The van der Waals surface area contributed by atoms with Crippen LogP contribution in [0, 0.1) is 11.7 Å². The average molecular weight is 440 g/mol. The molecule has 1 heterocycles. The van der Waals surface area contributed by atoms with Crippen molar-refractivity contribution in [1.29, 1.82) is 0 Å². The molecule has 0 amide bonds. The van der Waals surface area contributed by atoms with E-state index in [1.54, 1.807) is 12.1 Å². The maximum Gasteiger partial charge on any atom is 0.123 e. The molecular weight excluding hydrogens is 417 g/mol. The lowest BCUT2D eigenvalue weighted by atomic mass is 9.79. The van der Waals surface area contributed by atoms with E-state index in [1.165, 1.54) is 23.4 Å². The summed E-state index contributed by atoms with van der Waals surface area (Å²) in [5.74, 6) is 0.195. The molecule has 0 unspecified atom stereocenters. The number of halogens is 2. The highest BCUT2D eigenvalue weighted by Gasteiger charge is 2.39. The number of hydrogen-bond donors (Lipinski definition) is 1. The van der Waals surface area contributed by atoms with E-state index in [0.717, 1.165) is 23.0 Å². The minimum atomic E-state index is -0.558. The molecule has 3 aromatic rings. The lowest BCUT2D eigenvalue weighted by Crippen LogP contribution is -2.50. The summed E-state index contributed by atoms with van der Waals surface area (Å²) < 4.78 is 14.2. The zero-order chi connectivity index (χ0) is 19.5. The smallest absolute Gasteiger partial charge is 0.123 e. The van der Waals surface area contributed by atoms with Crippen LogP contribution in [0.25, 0.3) is 0 Å². The first-order valence-electron chi connectivity index (χ1n) is 9.62. The van der Waals surface area contributed by atoms with E-state index >= 15 is 0 Å². The monoisotopic (exact) mass is 439 g/mol. The van der Waals surface area contributed by atoms with Gasteiger partial charge in [0.1, 0.15) is 5.82 Å². The Kier molecular flexibility index (Phi) is 5.79. The van der Waals surface area contributed by atoms with Gasteiger partial charge < -0.3 is 10.0 Å². The molecule has 1 N–H and O–H groups in total. The molecular formula is C24H23BrFNO. The summed E-state index contributed by atoms with van der Waals surface area (Å²) in [4.78, 5) is 2.43. The van der Waals surface area contributed by atoms with Crippen molar-refractivity contribution in [3.63, 3.8) is 0 Å². The Balaban J connectivity index is 1.48. The second-order valence-corrected chi connectivity index (χ2v) is 8.30. The first-order valence-corrected chi connectivity index (χ1v) is 10.4. The number of benzene rings is 3. The van der Waals surface area contributed by atoms with E-state index in [2.05, 4.69) is 69.4 Å². The Morgan fingerprint density at radius 1 is 0.964 bits per heavy atom. The van der Waals surface area contributed by atoms with Crippen molar-refractivity contribution in [2.75, 3.05) is 11.4 Å². The highest BCUT2D eigenvalue weighted by molar-refractivity contribution is 9.10. The van der Waals surface area contributed by atoms with Crippen LogP contribution in [0.1, 0.15) is 36.1 Å². The maximum atomic E-state index is 13.1. The molecule has 1 aliphatic heterocycles. The van der Waals surface area contributed by atoms with Crippen LogP contribution in [0.3, 0.4) is 0 Å². The third-order valence-corrected chi connectivity index (χ3v) is 6.11. The van der Waals surface area contributed by atoms with Gasteiger partial charge in [-0.1, -0.05) is 58.4 Å². The molecule has 1 fully saturated rings. The number of rotatable bonds is 6. The fraction of sp³-hybridized carbons (Fsp3) is 0.250. The van der Waals surface area contributed by atoms with Crippen LogP contribution in [-0.4, -0.2) is 11.7 Å². The quantitative estimate of drug-likeness (QED) is 0.488. The summed E-state index contributed by atoms with van der Waals surface area (Å²) in [5.41, 5.74) is 3.30. The third-order valence-electron chi connectivity index (χ3n) is 5.58. The summed E-state index contributed by atoms with van der Waals surface area (Å²) in [5, 5.41) is 10.5. The Morgan fingerprint density at radius 3 is 2.32 bits per heavy atom. The predicted octanol–water partition coefficient (Wildman–Crippen LogP) is 6.28. The molecule has 144 valence electrons. The summed E-state index contributed by atoms with van der Waals surface area (Å²) in [6.45, 7) is 0.973. The predicted molar refractivity (Wildman–Crippen MR) is 115 cm³/mol. The molecule has 0 aliphatic carbocycles. The maximum absolute atomic E-state index is 13.1. The molecule has 3 atom stereocenters. The molecule has 3 aromatic carbocycles. The standard InChI is InChI=1S/C24H23BrFNO/c25-20-11-6-18(7-12-20)24-19(16-27(24)22-4-2-1-3-5-22)10-15-23(28)17-8-13-21(26)14-9-17/h1-9,11-14,19,23-24,28H,10,15-16H2/t19-,23+,24-/m1/s1. The molecule has 2 nitrogen and oxygen atoms in total. The second kappa shape index (κ2) is 8.46. The molecule has 0 aromatic heterocycles. The number of nitrogens with zero attached hydrogens (tertiary/aromatic N) is 1. The summed E-state index contributed by atoms with van der Waals surface area (Å²) in [7, 11) is 0. The van der Waals surface area contributed by atoms with Gasteiger partial charge in [-0.15, -0.1) is 0 Å². The lowest BCUT2D eigenvalue weighted by Gasteiger charge is -2.50. The van der Waals surface area contributed by atoms with Crippen molar-refractivity contribution in [2.45, 2.75) is 25.0 Å². The van der Waals surface area contributed by atoms with Crippen molar-refractivity contribution in [3.8, 4) is 0 Å². The fourth-order valence-corrected chi connectivity index (χ4v) is 4.32. The van der Waals surface area contributed by atoms with Crippen LogP contribution in [-0.2, 0) is 0 Å². The fourth-order valence-electron chi connectivity index (χ4n) is 4.05. The molecule has 0 spiro atoms. The Bertz CT molecular complexity index is 898. The van der Waals surface area contributed by atoms with E-state index in [0.29, 0.717) is 18.4 Å². The molecule has 0 saturated carbocycles. The summed E-state index contributed by atoms with van der Waals surface area (Å²) >= 11 is 3.52. The largest absolute Gasteiger partial charge is 0.388 e. The first kappa shape index (κ1) is 19.2. The van der Waals surface area contributed by atoms with Crippen molar-refractivity contribution in [2.24, 2.45) is 5.92 Å². The van der Waals surface area contributed by atoms with E-state index in [1.807, 2.05) is 6.07 Å². The van der Waals surface area contributed by atoms with Crippen molar-refractivity contribution >= 4 is 21.6 Å². The normalized spacial score (nSPS) is 19.9. The van der Waals surface area contributed by atoms with E-state index in [4.69, 9.17) is 0 Å². The van der Waals surface area contributed by atoms with Crippen molar-refractivity contribution < 1.29 is 9.50 Å². The van der Waals surface area contributed by atoms with Gasteiger partial charge in [0.2, 0.25) is 0 Å². The zero-order valence-electron chi connectivity index (χ0n) is 15.5. The van der Waals surface area contributed by atoms with Crippen LogP contribution in [0.5, 0.6) is 0 Å². The highest BCUT2D eigenvalue weighted by atomic mass is 79.9. The van der Waals surface area contributed by atoms with Crippen molar-refractivity contribution in [1.82, 2.24) is 0 Å². The first-order chi connectivity index (χ1) is 13.6. The molecule has 0 radical (unpaired) electrons. The van der Waals surface area contributed by atoms with Crippen LogP contribution in [0.2, 0.25) is 0 Å². The van der Waals surface area contributed by atoms with E-state index in [9.17, 15) is 9.50 Å². The van der Waals surface area contributed by atoms with E-state index in [-0.39, 0.29) is 5.82 Å². The van der Waals surface area contributed by atoms with Gasteiger partial charge in [0.05, 0.1) is 12.1 Å². The van der Waals surface area contributed by atoms with Crippen LogP contribution in [0.4, 0.5) is 10.1 Å². The number of hydrogen-bond acceptors (Lipinski definition) is 2. The number of anilines is 1. The number of aliphatic hydroxyl groups excluding tert-OH is 1. The van der Waals surface area contributed by atoms with Gasteiger partial charge >= 0.3 is 0 Å². The third kappa shape index (κ3) is 4.13. The topological polar surface area (TPSA) is 23.5 Å². The number of para-hydroxylation sites is 1. The van der Waals surface area contributed by atoms with Crippen LogP contribution < -0.4 is 4.90 Å². The molecule has 1 saturated heterocycles. The van der Waals surface area contributed by atoms with Crippen molar-refractivity contribution in [3.05, 3.63) is 100 Å². The van der Waals surface area contributed by atoms with E-state index < -0.39 is 6.10 Å². The van der Waals surface area contributed by atoms with Gasteiger partial charge in [0, 0.05) is 22.6 Å². The molecule has 1 aliphatic rings. The van der Waals surface area contributed by atoms with Crippen LogP contribution in [0.15, 0.2) is 83.3 Å². The second-order valence-electron chi connectivity index (χ2n) is 7.39. The zero-order valence-corrected chi connectivity index (χ0v) is 17.1. The Morgan fingerprint density at radius 2 is 1.64 bits per heavy atom. The molecule has 4 heteroatoms. The summed E-state index contributed by atoms with van der Waals surface area (Å²) in [6, 6.07) is 25.4. The molecule has 0 bridgehead atoms. The minimum absolute atomic E-state index is 0.274. The Hall–Kier alpha value is -2.17. The highest BCUT2D eigenvalue weighted by Crippen LogP contribution is 2.45. The minimum Gasteiger partial charge on any atom is -0.388 e. The summed E-state index contributed by atoms with van der Waals surface area (Å²) in [6.07, 6.45) is 1.03. The van der Waals surface area contributed by atoms with Gasteiger partial charge in [-0.05, 0) is 60.4 Å². The Labute approximate surface area is 173 Å². The average Bonchev–Trinajstić information content (AvgIpc) is 2.70. The lowest BCUT2D eigenvalue weighted by molar-refractivity contribution is 0.144. The number of aliphatic hydroxyl groups is 1. The molecule has 28 heavy (non-hydrogen) atoms. The van der Waals surface area contributed by atoms with Gasteiger partial charge in [-0.3, -0.25) is 0 Å².